The SMILES string of the molecule is CCCCCCCCC(C(=O)CCN)C(OC)(OC)OC. The Morgan fingerprint density at radius 2 is 1.52 bits per heavy atom. The van der Waals surface area contributed by atoms with Crippen molar-refractivity contribution in [1.29, 1.82) is 0 Å². The molecule has 0 bridgehead atoms. The minimum Gasteiger partial charge on any atom is -0.330 e. The van der Waals surface area contributed by atoms with Crippen molar-refractivity contribution in [2.45, 2.75) is 64.3 Å². The fourth-order valence-electron chi connectivity index (χ4n) is 2.66. The Morgan fingerprint density at radius 1 is 1.00 bits per heavy atom. The van der Waals surface area contributed by atoms with E-state index in [9.17, 15) is 4.79 Å². The largest absolute Gasteiger partial charge is 0.330 e. The van der Waals surface area contributed by atoms with Crippen LogP contribution in [0.25, 0.3) is 0 Å². The fraction of sp³-hybridized carbons (Fsp3) is 0.938. The van der Waals surface area contributed by atoms with Crippen molar-refractivity contribution in [2.75, 3.05) is 27.9 Å². The molecular weight excluding hydrogens is 270 g/mol. The zero-order chi connectivity index (χ0) is 16.1. The number of Topliss-reactive ketones (excluding diaryl/α,β-unsaturated/α-hetero) is 1. The van der Waals surface area contributed by atoms with Crippen LogP contribution in [0.2, 0.25) is 0 Å². The second-order valence-corrected chi connectivity index (χ2v) is 5.33. The average Bonchev–Trinajstić information content (AvgIpc) is 2.50. The van der Waals surface area contributed by atoms with E-state index in [4.69, 9.17) is 19.9 Å². The van der Waals surface area contributed by atoms with Gasteiger partial charge >= 0.3 is 0 Å². The van der Waals surface area contributed by atoms with Crippen LogP contribution in [-0.4, -0.2) is 39.6 Å². The van der Waals surface area contributed by atoms with Crippen LogP contribution in [0.5, 0.6) is 0 Å². The molecule has 0 saturated carbocycles. The monoisotopic (exact) mass is 303 g/mol. The van der Waals surface area contributed by atoms with Gasteiger partial charge in [0, 0.05) is 27.8 Å². The molecule has 5 nitrogen and oxygen atoms in total. The summed E-state index contributed by atoms with van der Waals surface area (Å²) in [5.41, 5.74) is 5.50. The minimum atomic E-state index is -1.30. The first-order chi connectivity index (χ1) is 10.1. The van der Waals surface area contributed by atoms with Gasteiger partial charge < -0.3 is 19.9 Å². The average molecular weight is 303 g/mol. The molecule has 0 heterocycles. The van der Waals surface area contributed by atoms with Gasteiger partial charge in [-0.3, -0.25) is 4.79 Å². The molecule has 0 fully saturated rings. The van der Waals surface area contributed by atoms with Crippen LogP contribution in [0, 0.1) is 5.92 Å². The number of hydrogen-bond acceptors (Lipinski definition) is 5. The van der Waals surface area contributed by atoms with E-state index in [1.807, 2.05) is 0 Å². The quantitative estimate of drug-likeness (QED) is 0.395. The van der Waals surface area contributed by atoms with Crippen molar-refractivity contribution in [3.8, 4) is 0 Å². The van der Waals surface area contributed by atoms with Gasteiger partial charge in [0.2, 0.25) is 0 Å². The highest BCUT2D eigenvalue weighted by molar-refractivity contribution is 5.81. The zero-order valence-electron chi connectivity index (χ0n) is 14.2. The lowest BCUT2D eigenvalue weighted by atomic mass is 9.91. The van der Waals surface area contributed by atoms with E-state index in [0.29, 0.717) is 19.4 Å². The molecule has 5 heteroatoms. The number of carbonyl (C=O) groups excluding carboxylic acids is 1. The molecule has 2 N–H and O–H groups in total. The number of methoxy groups -OCH3 is 3. The molecule has 1 atom stereocenters. The number of ether oxygens (including phenoxy) is 3. The van der Waals surface area contributed by atoms with Crippen molar-refractivity contribution in [3.05, 3.63) is 0 Å². The smallest absolute Gasteiger partial charge is 0.292 e. The summed E-state index contributed by atoms with van der Waals surface area (Å²) in [7, 11) is 4.49. The van der Waals surface area contributed by atoms with Crippen LogP contribution in [0.1, 0.15) is 58.3 Å². The molecule has 126 valence electrons. The Labute approximate surface area is 129 Å². The van der Waals surface area contributed by atoms with Crippen LogP contribution < -0.4 is 5.73 Å². The number of hydrogen-bond donors (Lipinski definition) is 1. The summed E-state index contributed by atoms with van der Waals surface area (Å²) in [5.74, 6) is -1.70. The highest BCUT2D eigenvalue weighted by Gasteiger charge is 2.43. The number of ketones is 1. The van der Waals surface area contributed by atoms with Crippen LogP contribution >= 0.6 is 0 Å². The Balaban J connectivity index is 4.56. The minimum absolute atomic E-state index is 0.0385. The van der Waals surface area contributed by atoms with Crippen molar-refractivity contribution >= 4 is 5.78 Å². The Hall–Kier alpha value is -0.490. The second-order valence-electron chi connectivity index (χ2n) is 5.33. The first-order valence-electron chi connectivity index (χ1n) is 8.00. The fourth-order valence-corrected chi connectivity index (χ4v) is 2.66. The van der Waals surface area contributed by atoms with E-state index >= 15 is 0 Å². The normalized spacial score (nSPS) is 13.4. The van der Waals surface area contributed by atoms with Gasteiger partial charge in [0.25, 0.3) is 5.97 Å². The van der Waals surface area contributed by atoms with Crippen LogP contribution in [0.15, 0.2) is 0 Å². The van der Waals surface area contributed by atoms with Crippen LogP contribution in [0.3, 0.4) is 0 Å². The third-order valence-electron chi connectivity index (χ3n) is 3.91. The van der Waals surface area contributed by atoms with Gasteiger partial charge in [0.1, 0.15) is 5.78 Å². The Morgan fingerprint density at radius 3 is 2.00 bits per heavy atom. The topological polar surface area (TPSA) is 70.8 Å². The summed E-state index contributed by atoms with van der Waals surface area (Å²) in [4.78, 5) is 12.3. The van der Waals surface area contributed by atoms with Crippen molar-refractivity contribution < 1.29 is 19.0 Å². The molecule has 0 radical (unpaired) electrons. The van der Waals surface area contributed by atoms with Crippen molar-refractivity contribution in [2.24, 2.45) is 11.7 Å². The predicted molar refractivity (Wildman–Crippen MR) is 83.9 cm³/mol. The lowest BCUT2D eigenvalue weighted by molar-refractivity contribution is -0.372. The summed E-state index contributed by atoms with van der Waals surface area (Å²) in [6, 6.07) is 0. The molecule has 0 aromatic rings. The molecule has 0 spiro atoms. The highest BCUT2D eigenvalue weighted by Crippen LogP contribution is 2.30. The Kier molecular flexibility index (Phi) is 11.8. The van der Waals surface area contributed by atoms with Gasteiger partial charge in [-0.2, -0.15) is 0 Å². The number of unbranched alkanes of at least 4 members (excludes halogenated alkanes) is 5. The van der Waals surface area contributed by atoms with Crippen LogP contribution in [-0.2, 0) is 19.0 Å². The van der Waals surface area contributed by atoms with E-state index in [2.05, 4.69) is 6.92 Å². The maximum atomic E-state index is 12.3. The van der Waals surface area contributed by atoms with Crippen molar-refractivity contribution in [3.63, 3.8) is 0 Å². The highest BCUT2D eigenvalue weighted by atomic mass is 16.9. The number of nitrogens with two attached hydrogens (primary N) is 1. The summed E-state index contributed by atoms with van der Waals surface area (Å²) in [5, 5.41) is 0. The summed E-state index contributed by atoms with van der Waals surface area (Å²) >= 11 is 0. The maximum absolute atomic E-state index is 12.3. The molecule has 0 saturated heterocycles. The lowest BCUT2D eigenvalue weighted by Crippen LogP contribution is -2.48. The Bertz CT molecular complexity index is 259. The van der Waals surface area contributed by atoms with E-state index in [1.54, 1.807) is 0 Å². The predicted octanol–water partition coefficient (Wildman–Crippen LogP) is 2.86. The molecule has 0 aliphatic rings. The van der Waals surface area contributed by atoms with Gasteiger partial charge in [-0.25, -0.2) is 0 Å². The molecule has 0 aliphatic heterocycles. The molecule has 1 unspecified atom stereocenters. The summed E-state index contributed by atoms with van der Waals surface area (Å²) < 4.78 is 16.1. The first kappa shape index (κ1) is 20.5. The van der Waals surface area contributed by atoms with E-state index in [-0.39, 0.29) is 5.78 Å². The first-order valence-corrected chi connectivity index (χ1v) is 8.00. The zero-order valence-corrected chi connectivity index (χ0v) is 14.2. The maximum Gasteiger partial charge on any atom is 0.292 e. The molecule has 0 rings (SSSR count). The van der Waals surface area contributed by atoms with E-state index < -0.39 is 11.9 Å². The molecule has 0 amide bonds. The third-order valence-corrected chi connectivity index (χ3v) is 3.91. The molecule has 0 aromatic carbocycles. The van der Waals surface area contributed by atoms with E-state index in [1.165, 1.54) is 47.0 Å². The van der Waals surface area contributed by atoms with Gasteiger partial charge in [-0.15, -0.1) is 0 Å². The molecule has 21 heavy (non-hydrogen) atoms. The third kappa shape index (κ3) is 6.87. The molecule has 0 aromatic heterocycles. The van der Waals surface area contributed by atoms with Gasteiger partial charge in [-0.1, -0.05) is 45.4 Å². The lowest BCUT2D eigenvalue weighted by Gasteiger charge is -2.35. The van der Waals surface area contributed by atoms with E-state index in [0.717, 1.165) is 12.8 Å². The van der Waals surface area contributed by atoms with Gasteiger partial charge in [0.05, 0.1) is 5.92 Å². The molecule has 0 aliphatic carbocycles. The van der Waals surface area contributed by atoms with Gasteiger partial charge in [-0.05, 0) is 13.0 Å². The summed E-state index contributed by atoms with van der Waals surface area (Å²) in [6.07, 6.45) is 8.04. The standard InChI is InChI=1S/C16H33NO4/c1-5-6-7-8-9-10-11-14(15(18)12-13-17)16(19-2,20-3)21-4/h14H,5-13,17H2,1-4H3. The van der Waals surface area contributed by atoms with Crippen LogP contribution in [0.4, 0.5) is 0 Å². The summed E-state index contributed by atoms with van der Waals surface area (Å²) in [6.45, 7) is 2.53. The number of rotatable bonds is 14. The van der Waals surface area contributed by atoms with Crippen molar-refractivity contribution in [1.82, 2.24) is 0 Å². The second kappa shape index (κ2) is 12.1. The van der Waals surface area contributed by atoms with Gasteiger partial charge in [0.15, 0.2) is 0 Å². The number of carbonyl (C=O) groups is 1. The molecular formula is C16H33NO4.